The van der Waals surface area contributed by atoms with E-state index in [2.05, 4.69) is 27.8 Å². The van der Waals surface area contributed by atoms with Crippen LogP contribution >= 0.6 is 32.4 Å². The normalized spacial score (nSPS) is 29.8. The van der Waals surface area contributed by atoms with Crippen molar-refractivity contribution in [3.63, 3.8) is 0 Å². The van der Waals surface area contributed by atoms with E-state index >= 15 is 0 Å². The predicted molar refractivity (Wildman–Crippen MR) is 117 cm³/mol. The van der Waals surface area contributed by atoms with E-state index in [1.807, 2.05) is 19.9 Å². The van der Waals surface area contributed by atoms with Gasteiger partial charge in [0.1, 0.15) is 0 Å². The summed E-state index contributed by atoms with van der Waals surface area (Å²) in [5.74, 6) is 3.36. The van der Waals surface area contributed by atoms with Crippen molar-refractivity contribution in [3.05, 3.63) is 18.5 Å². The van der Waals surface area contributed by atoms with Gasteiger partial charge in [0.05, 0.1) is 5.08 Å². The van der Waals surface area contributed by atoms with Gasteiger partial charge in [-0.25, -0.2) is 9.97 Å². The lowest BCUT2D eigenvalue weighted by atomic mass is 10.5. The molecule has 8 heteroatoms. The van der Waals surface area contributed by atoms with Crippen LogP contribution in [0.3, 0.4) is 0 Å². The van der Waals surface area contributed by atoms with Crippen LogP contribution < -0.4 is 5.32 Å². The first-order valence-electron chi connectivity index (χ1n) is 8.74. The highest BCUT2D eigenvalue weighted by Crippen LogP contribution is 2.77. The van der Waals surface area contributed by atoms with Gasteiger partial charge < -0.3 is 5.32 Å². The van der Waals surface area contributed by atoms with E-state index < -0.39 is 20.6 Å². The van der Waals surface area contributed by atoms with Crippen LogP contribution in [0.25, 0.3) is 0 Å². The minimum Gasteiger partial charge on any atom is -0.356 e. The highest BCUT2D eigenvalue weighted by Gasteiger charge is 2.42. The molecule has 1 aromatic rings. The summed E-state index contributed by atoms with van der Waals surface area (Å²) in [5.41, 5.74) is 0. The van der Waals surface area contributed by atoms with E-state index in [9.17, 15) is 4.79 Å². The molecule has 25 heavy (non-hydrogen) atoms. The second kappa shape index (κ2) is 11.3. The number of amides is 1. The molecule has 2 unspecified atom stereocenters. The highest BCUT2D eigenvalue weighted by atomic mass is 32.4. The van der Waals surface area contributed by atoms with E-state index in [-0.39, 0.29) is 7.33 Å². The molecular formula is C17H35N3O2S3. The Bertz CT molecular complexity index is 517. The minimum atomic E-state index is -0.880. The molecule has 2 atom stereocenters. The largest absolute Gasteiger partial charge is 0.356 e. The van der Waals surface area contributed by atoms with Crippen molar-refractivity contribution in [2.24, 2.45) is 0 Å². The Morgan fingerprint density at radius 1 is 1.24 bits per heavy atom. The smallest absolute Gasteiger partial charge is 0.216 e. The van der Waals surface area contributed by atoms with Crippen molar-refractivity contribution in [2.45, 2.75) is 38.8 Å². The summed E-state index contributed by atoms with van der Waals surface area (Å²) in [6.45, 7) is 6.33. The zero-order valence-corrected chi connectivity index (χ0v) is 18.6. The maximum absolute atomic E-state index is 10.9. The molecular weight excluding hydrogens is 374 g/mol. The van der Waals surface area contributed by atoms with Gasteiger partial charge in [-0.1, -0.05) is 25.6 Å². The third kappa shape index (κ3) is 8.66. The number of carbonyl (C=O) groups excluding carboxylic acids is 1. The lowest BCUT2D eigenvalue weighted by Crippen LogP contribution is -2.32. The van der Waals surface area contributed by atoms with Crippen LogP contribution in [0.4, 0.5) is 0 Å². The molecule has 0 aliphatic carbocycles. The van der Waals surface area contributed by atoms with Crippen molar-refractivity contribution in [1.29, 1.82) is 0 Å². The number of thioether (sulfide) groups is 1. The van der Waals surface area contributed by atoms with Crippen molar-refractivity contribution >= 4 is 38.3 Å². The molecule has 0 spiro atoms. The fraction of sp³-hybridized carbons (Fsp3) is 0.706. The zero-order chi connectivity index (χ0) is 18.8. The molecule has 2 heterocycles. The average Bonchev–Trinajstić information content (AvgIpc) is 2.57. The number of rotatable bonds is 9. The summed E-state index contributed by atoms with van der Waals surface area (Å²) in [5, 5.41) is 4.97. The number of nitrogens with one attached hydrogen (secondary N) is 1. The second-order valence-corrected chi connectivity index (χ2v) is 14.1. The quantitative estimate of drug-likeness (QED) is 0.371. The molecule has 0 aromatic carbocycles. The molecule has 148 valence electrons. The molecule has 0 radical (unpaired) electrons. The van der Waals surface area contributed by atoms with E-state index in [0.717, 1.165) is 36.0 Å². The number of nitrogens with zero attached hydrogens (tertiary/aromatic N) is 2. The van der Waals surface area contributed by atoms with Crippen LogP contribution in [0.1, 0.15) is 35.0 Å². The first kappa shape index (κ1) is 22.6. The van der Waals surface area contributed by atoms with Crippen LogP contribution in [0, 0.1) is 0 Å². The Kier molecular flexibility index (Phi) is 10.2. The van der Waals surface area contributed by atoms with Crippen LogP contribution in [-0.4, -0.2) is 57.3 Å². The molecule has 5 nitrogen and oxygen atoms in total. The van der Waals surface area contributed by atoms with Crippen LogP contribution in [0.2, 0.25) is 0 Å². The Labute approximate surface area is 162 Å². The number of aromatic nitrogens is 2. The van der Waals surface area contributed by atoms with Crippen molar-refractivity contribution in [1.82, 2.24) is 15.3 Å². The molecule has 1 saturated heterocycles. The highest BCUT2D eigenvalue weighted by molar-refractivity contribution is 8.56. The van der Waals surface area contributed by atoms with E-state index in [0.29, 0.717) is 0 Å². The molecule has 1 N–H and O–H groups in total. The third-order valence-electron chi connectivity index (χ3n) is 3.45. The summed E-state index contributed by atoms with van der Waals surface area (Å²) in [6, 6.07) is 1.84. The average molecular weight is 410 g/mol. The predicted octanol–water partition coefficient (Wildman–Crippen LogP) is 4.44. The van der Waals surface area contributed by atoms with Gasteiger partial charge in [-0.05, 0) is 31.4 Å². The van der Waals surface area contributed by atoms with E-state index in [1.54, 1.807) is 31.1 Å². The van der Waals surface area contributed by atoms with Gasteiger partial charge in [-0.3, -0.25) is 8.42 Å². The number of hydrogen-bond donors (Lipinski definition) is 1. The fourth-order valence-electron chi connectivity index (χ4n) is 2.63. The first-order valence-corrected chi connectivity index (χ1v) is 14.3. The van der Waals surface area contributed by atoms with Gasteiger partial charge in [-0.15, -0.1) is 20.6 Å². The SMILES string of the molecule is CC.CC(=O)NCCCS1(C)CS(C)(CCCSc2ncccn2)O1.[HH]. The summed E-state index contributed by atoms with van der Waals surface area (Å²) in [4.78, 5) is 19.3. The van der Waals surface area contributed by atoms with Gasteiger partial charge in [0.25, 0.3) is 0 Å². The Balaban J connectivity index is 0.00000201. The minimum absolute atomic E-state index is 0. The maximum Gasteiger partial charge on any atom is 0.216 e. The first-order chi connectivity index (χ1) is 11.9. The maximum atomic E-state index is 10.9. The molecule has 0 bridgehead atoms. The van der Waals surface area contributed by atoms with E-state index in [1.165, 1.54) is 10.8 Å². The standard InChI is InChI=1S/C15H27N3O2S3.C2H6.H2/c1-14(19)16-9-5-11-22(2)13-23(3,20-22)12-6-10-21-15-17-7-4-8-18-15;1-2;/h4,7-8H,5-6,9-13H2,1-3H3,(H,16,19);1-2H3;1H. The van der Waals surface area contributed by atoms with Crippen LogP contribution in [0.5, 0.6) is 0 Å². The molecule has 0 saturated carbocycles. The molecule has 1 aromatic heterocycles. The lowest BCUT2D eigenvalue weighted by molar-refractivity contribution is -0.118. The Morgan fingerprint density at radius 3 is 2.36 bits per heavy atom. The van der Waals surface area contributed by atoms with Crippen LogP contribution in [-0.2, 0) is 8.42 Å². The number of carbonyl (C=O) groups is 1. The van der Waals surface area contributed by atoms with Crippen molar-refractivity contribution in [3.8, 4) is 0 Å². The van der Waals surface area contributed by atoms with Gasteiger partial charge >= 0.3 is 0 Å². The number of hydrogen-bond acceptors (Lipinski definition) is 5. The van der Waals surface area contributed by atoms with Gasteiger partial charge in [-0.2, -0.15) is 0 Å². The summed E-state index contributed by atoms with van der Waals surface area (Å²) in [7, 11) is -1.74. The van der Waals surface area contributed by atoms with Gasteiger partial charge in [0.2, 0.25) is 5.91 Å². The lowest BCUT2D eigenvalue weighted by Gasteiger charge is -2.60. The van der Waals surface area contributed by atoms with Crippen LogP contribution in [0.15, 0.2) is 23.6 Å². The Hall–Kier alpha value is -0.440. The monoisotopic (exact) mass is 409 g/mol. The molecule has 2 rings (SSSR count). The van der Waals surface area contributed by atoms with E-state index in [4.69, 9.17) is 3.63 Å². The third-order valence-corrected chi connectivity index (χ3v) is 13.3. The summed E-state index contributed by atoms with van der Waals surface area (Å²) >= 11 is 1.72. The fourth-order valence-corrected chi connectivity index (χ4v) is 13.9. The zero-order valence-electron chi connectivity index (χ0n) is 16.1. The topological polar surface area (TPSA) is 64.1 Å². The molecule has 1 aliphatic heterocycles. The summed E-state index contributed by atoms with van der Waals surface area (Å²) in [6.07, 6.45) is 10.3. The molecule has 1 fully saturated rings. The van der Waals surface area contributed by atoms with Crippen molar-refractivity contribution in [2.75, 3.05) is 41.4 Å². The van der Waals surface area contributed by atoms with Crippen molar-refractivity contribution < 1.29 is 9.85 Å². The van der Waals surface area contributed by atoms with Gasteiger partial charge in [0.15, 0.2) is 5.16 Å². The Morgan fingerprint density at radius 2 is 1.80 bits per heavy atom. The second-order valence-electron chi connectivity index (χ2n) is 6.03. The summed E-state index contributed by atoms with van der Waals surface area (Å²) < 4.78 is 6.39. The molecule has 1 amide bonds. The van der Waals surface area contributed by atoms with Gasteiger partial charge in [0, 0.05) is 44.5 Å². The molecule has 1 aliphatic rings.